The first-order chi connectivity index (χ1) is 8.76. The molecule has 0 aliphatic heterocycles. The molecule has 1 rings (SSSR count). The predicted octanol–water partition coefficient (Wildman–Crippen LogP) is 1.48. The fourth-order valence-electron chi connectivity index (χ4n) is 1.36. The highest BCUT2D eigenvalue weighted by molar-refractivity contribution is 5.81. The fourth-order valence-corrected chi connectivity index (χ4v) is 1.36. The Kier molecular flexibility index (Phi) is 5.98. The Morgan fingerprint density at radius 1 is 1.67 bits per heavy atom. The van der Waals surface area contributed by atoms with E-state index in [-0.39, 0.29) is 0 Å². The maximum atomic E-state index is 11.0. The summed E-state index contributed by atoms with van der Waals surface area (Å²) in [5.41, 5.74) is 1.02. The molecule has 5 heteroatoms. The molecule has 5 nitrogen and oxygen atoms in total. The number of ether oxygens (including phenoxy) is 1. The zero-order chi connectivity index (χ0) is 13.2. The zero-order valence-electron chi connectivity index (χ0n) is 10.2. The molecule has 0 aliphatic rings. The second kappa shape index (κ2) is 7.85. The summed E-state index contributed by atoms with van der Waals surface area (Å²) in [6.45, 7) is 1.15. The number of hydrogen-bond acceptors (Lipinski definition) is 5. The lowest BCUT2D eigenvalue weighted by molar-refractivity contribution is -0.134. The van der Waals surface area contributed by atoms with Gasteiger partial charge in [0.25, 0.3) is 0 Å². The molecule has 0 spiro atoms. The van der Waals surface area contributed by atoms with Gasteiger partial charge in [0.05, 0.1) is 19.6 Å². The minimum atomic E-state index is -0.414. The van der Waals surface area contributed by atoms with Crippen molar-refractivity contribution in [1.82, 2.24) is 9.88 Å². The number of hydrogen-bond donors (Lipinski definition) is 0. The summed E-state index contributed by atoms with van der Waals surface area (Å²) in [5.74, 6) is -0.414. The molecule has 0 aromatic carbocycles. The van der Waals surface area contributed by atoms with Crippen LogP contribution in [-0.2, 0) is 16.1 Å². The molecule has 0 N–H and O–H groups in total. The normalized spacial score (nSPS) is 10.0. The van der Waals surface area contributed by atoms with E-state index in [0.717, 1.165) is 5.56 Å². The predicted molar refractivity (Wildman–Crippen MR) is 66.0 cm³/mol. The van der Waals surface area contributed by atoms with Crippen molar-refractivity contribution in [3.63, 3.8) is 0 Å². The molecule has 0 bridgehead atoms. The first-order valence-electron chi connectivity index (χ1n) is 5.52. The number of methoxy groups -OCH3 is 1. The summed E-state index contributed by atoms with van der Waals surface area (Å²) in [4.78, 5) is 16.9. The zero-order valence-corrected chi connectivity index (χ0v) is 10.2. The van der Waals surface area contributed by atoms with Gasteiger partial charge in [-0.15, -0.1) is 0 Å². The maximum Gasteiger partial charge on any atom is 0.331 e. The highest BCUT2D eigenvalue weighted by Gasteiger charge is 2.02. The Morgan fingerprint density at radius 2 is 2.50 bits per heavy atom. The van der Waals surface area contributed by atoms with Crippen LogP contribution in [0.1, 0.15) is 12.0 Å². The molecular weight excluding hydrogens is 230 g/mol. The van der Waals surface area contributed by atoms with Gasteiger partial charge in [0.15, 0.2) is 0 Å². The van der Waals surface area contributed by atoms with E-state index in [1.54, 1.807) is 18.6 Å². The van der Waals surface area contributed by atoms with Gasteiger partial charge in [-0.1, -0.05) is 6.07 Å². The van der Waals surface area contributed by atoms with E-state index in [0.29, 0.717) is 19.5 Å². The van der Waals surface area contributed by atoms with E-state index in [2.05, 4.69) is 15.8 Å². The van der Waals surface area contributed by atoms with E-state index in [1.165, 1.54) is 13.2 Å². The third-order valence-corrected chi connectivity index (χ3v) is 2.24. The van der Waals surface area contributed by atoms with Crippen LogP contribution < -0.4 is 0 Å². The van der Waals surface area contributed by atoms with Gasteiger partial charge >= 0.3 is 5.97 Å². The lowest BCUT2D eigenvalue weighted by atomic mass is 10.2. The third kappa shape index (κ3) is 5.12. The van der Waals surface area contributed by atoms with Crippen molar-refractivity contribution in [2.75, 3.05) is 13.7 Å². The number of carbonyl (C=O) groups excluding carboxylic acids is 1. The summed E-state index contributed by atoms with van der Waals surface area (Å²) in [6.07, 6.45) is 6.83. The molecule has 0 saturated carbocycles. The standard InChI is InChI=1S/C13H15N3O2/c1-18-13(17)5-9-16(8-3-6-14)11-12-4-2-7-15-10-12/h2,4-5,7,9-10H,3,8,11H2,1H3. The highest BCUT2D eigenvalue weighted by Crippen LogP contribution is 2.04. The molecule has 18 heavy (non-hydrogen) atoms. The first-order valence-corrected chi connectivity index (χ1v) is 5.52. The van der Waals surface area contributed by atoms with Crippen LogP contribution >= 0.6 is 0 Å². The molecule has 1 aromatic heterocycles. The van der Waals surface area contributed by atoms with Crippen LogP contribution in [0.5, 0.6) is 0 Å². The van der Waals surface area contributed by atoms with Crippen molar-refractivity contribution in [2.45, 2.75) is 13.0 Å². The minimum absolute atomic E-state index is 0.395. The van der Waals surface area contributed by atoms with Crippen LogP contribution in [0, 0.1) is 11.3 Å². The second-order valence-corrected chi connectivity index (χ2v) is 3.58. The lowest BCUT2D eigenvalue weighted by Crippen LogP contribution is -2.18. The number of rotatable bonds is 6. The molecule has 0 aliphatic carbocycles. The number of esters is 1. The Balaban J connectivity index is 2.64. The van der Waals surface area contributed by atoms with Crippen molar-refractivity contribution in [3.05, 3.63) is 42.4 Å². The molecule has 0 saturated heterocycles. The van der Waals surface area contributed by atoms with Crippen molar-refractivity contribution in [3.8, 4) is 6.07 Å². The van der Waals surface area contributed by atoms with Gasteiger partial charge in [-0.2, -0.15) is 5.26 Å². The Hall–Kier alpha value is -2.35. The Bertz CT molecular complexity index is 437. The molecule has 0 atom stereocenters. The monoisotopic (exact) mass is 245 g/mol. The topological polar surface area (TPSA) is 66.2 Å². The van der Waals surface area contributed by atoms with Crippen LogP contribution in [-0.4, -0.2) is 29.5 Å². The maximum absolute atomic E-state index is 11.0. The van der Waals surface area contributed by atoms with Crippen molar-refractivity contribution in [1.29, 1.82) is 5.26 Å². The van der Waals surface area contributed by atoms with E-state index < -0.39 is 5.97 Å². The average Bonchev–Trinajstić information content (AvgIpc) is 2.42. The van der Waals surface area contributed by atoms with Gasteiger partial charge < -0.3 is 9.64 Å². The summed E-state index contributed by atoms with van der Waals surface area (Å²) in [7, 11) is 1.33. The van der Waals surface area contributed by atoms with Gasteiger partial charge in [-0.05, 0) is 11.6 Å². The number of nitrogens with zero attached hydrogens (tertiary/aromatic N) is 3. The summed E-state index contributed by atoms with van der Waals surface area (Å²) >= 11 is 0. The number of pyridine rings is 1. The molecule has 0 fully saturated rings. The Labute approximate surface area is 106 Å². The van der Waals surface area contributed by atoms with E-state index in [4.69, 9.17) is 5.26 Å². The molecule has 0 radical (unpaired) electrons. The van der Waals surface area contributed by atoms with E-state index in [1.807, 2.05) is 17.0 Å². The number of nitriles is 1. The first kappa shape index (κ1) is 13.7. The minimum Gasteiger partial charge on any atom is -0.466 e. The van der Waals surface area contributed by atoms with Crippen LogP contribution in [0.4, 0.5) is 0 Å². The van der Waals surface area contributed by atoms with Gasteiger partial charge in [0.1, 0.15) is 0 Å². The molecule has 1 heterocycles. The largest absolute Gasteiger partial charge is 0.466 e. The Morgan fingerprint density at radius 3 is 3.11 bits per heavy atom. The van der Waals surface area contributed by atoms with Crippen LogP contribution in [0.3, 0.4) is 0 Å². The molecule has 1 aromatic rings. The highest BCUT2D eigenvalue weighted by atomic mass is 16.5. The van der Waals surface area contributed by atoms with Crippen LogP contribution in [0.2, 0.25) is 0 Å². The quantitative estimate of drug-likeness (QED) is 0.561. The van der Waals surface area contributed by atoms with Crippen molar-refractivity contribution >= 4 is 5.97 Å². The summed E-state index contributed by atoms with van der Waals surface area (Å²) in [6, 6.07) is 5.87. The average molecular weight is 245 g/mol. The smallest absolute Gasteiger partial charge is 0.331 e. The van der Waals surface area contributed by atoms with Gasteiger partial charge in [-0.3, -0.25) is 4.98 Å². The molecule has 94 valence electrons. The number of carbonyl (C=O) groups is 1. The third-order valence-electron chi connectivity index (χ3n) is 2.24. The molecular formula is C13H15N3O2. The SMILES string of the molecule is COC(=O)C=CN(CCC#N)Cc1cccnc1. The number of aromatic nitrogens is 1. The van der Waals surface area contributed by atoms with E-state index in [9.17, 15) is 4.79 Å². The molecule has 0 amide bonds. The van der Waals surface area contributed by atoms with Gasteiger partial charge in [-0.25, -0.2) is 4.79 Å². The van der Waals surface area contributed by atoms with Crippen molar-refractivity contribution in [2.24, 2.45) is 0 Å². The van der Waals surface area contributed by atoms with Crippen LogP contribution in [0.25, 0.3) is 0 Å². The summed E-state index contributed by atoms with van der Waals surface area (Å²) < 4.78 is 4.53. The van der Waals surface area contributed by atoms with E-state index >= 15 is 0 Å². The van der Waals surface area contributed by atoms with Crippen molar-refractivity contribution < 1.29 is 9.53 Å². The fraction of sp³-hybridized carbons (Fsp3) is 0.308. The second-order valence-electron chi connectivity index (χ2n) is 3.58. The lowest BCUT2D eigenvalue weighted by Gasteiger charge is -2.18. The molecule has 0 unspecified atom stereocenters. The summed E-state index contributed by atoms with van der Waals surface area (Å²) in [5, 5.41) is 8.60. The van der Waals surface area contributed by atoms with Gasteiger partial charge in [0.2, 0.25) is 0 Å². The van der Waals surface area contributed by atoms with Gasteiger partial charge in [0, 0.05) is 37.8 Å². The van der Waals surface area contributed by atoms with Crippen LogP contribution in [0.15, 0.2) is 36.8 Å².